The molecule has 0 radical (unpaired) electrons. The quantitative estimate of drug-likeness (QED) is 0.702. The van der Waals surface area contributed by atoms with E-state index in [-0.39, 0.29) is 6.42 Å². The summed E-state index contributed by atoms with van der Waals surface area (Å²) in [5, 5.41) is 2.26. The lowest BCUT2D eigenvalue weighted by atomic mass is 10.0. The Hall–Kier alpha value is -3.49. The van der Waals surface area contributed by atoms with Crippen molar-refractivity contribution in [2.75, 3.05) is 0 Å². The number of alkyl halides is 3. The molecule has 1 aromatic heterocycles. The van der Waals surface area contributed by atoms with Crippen molar-refractivity contribution in [1.29, 1.82) is 0 Å². The Morgan fingerprint density at radius 2 is 1.68 bits per heavy atom. The fourth-order valence-corrected chi connectivity index (χ4v) is 2.69. The Labute approximate surface area is 157 Å². The van der Waals surface area contributed by atoms with Crippen molar-refractivity contribution < 1.29 is 22.8 Å². The van der Waals surface area contributed by atoms with Gasteiger partial charge in [-0.25, -0.2) is 4.98 Å². The fourth-order valence-electron chi connectivity index (χ4n) is 2.69. The molecule has 28 heavy (non-hydrogen) atoms. The number of carbonyl (C=O) groups is 2. The predicted molar refractivity (Wildman–Crippen MR) is 95.1 cm³/mol. The van der Waals surface area contributed by atoms with Gasteiger partial charge < -0.3 is 11.1 Å². The zero-order chi connectivity index (χ0) is 20.3. The molecule has 1 atom stereocenters. The Morgan fingerprint density at radius 3 is 2.36 bits per heavy atom. The lowest BCUT2D eigenvalue weighted by Crippen LogP contribution is -2.46. The highest BCUT2D eigenvalue weighted by Crippen LogP contribution is 2.31. The van der Waals surface area contributed by atoms with Crippen LogP contribution in [0.3, 0.4) is 0 Å². The molecule has 6 nitrogen and oxygen atoms in total. The number of primary amides is 1. The molecular weight excluding hydrogens is 373 g/mol. The van der Waals surface area contributed by atoms with Gasteiger partial charge in [0, 0.05) is 12.6 Å². The number of hydrogen-bond donors (Lipinski definition) is 2. The summed E-state index contributed by atoms with van der Waals surface area (Å²) in [6.45, 7) is 0. The summed E-state index contributed by atoms with van der Waals surface area (Å²) in [5.74, 6) is -1.95. The molecule has 3 rings (SSSR count). The summed E-state index contributed by atoms with van der Waals surface area (Å²) < 4.78 is 39.3. The number of rotatable bonds is 5. The average molecular weight is 388 g/mol. The third-order valence-corrected chi connectivity index (χ3v) is 4.04. The Kier molecular flexibility index (Phi) is 5.25. The summed E-state index contributed by atoms with van der Waals surface area (Å²) >= 11 is 0. The van der Waals surface area contributed by atoms with Crippen LogP contribution in [0.25, 0.3) is 11.0 Å². The second kappa shape index (κ2) is 7.63. The molecule has 0 bridgehead atoms. The molecule has 3 aromatic rings. The number of benzene rings is 2. The van der Waals surface area contributed by atoms with Crippen molar-refractivity contribution in [2.24, 2.45) is 5.73 Å². The molecule has 1 heterocycles. The molecule has 3 N–H and O–H groups in total. The van der Waals surface area contributed by atoms with Gasteiger partial charge in [-0.2, -0.15) is 13.2 Å². The van der Waals surface area contributed by atoms with E-state index in [0.29, 0.717) is 16.7 Å². The molecular formula is C19H15F3N4O2. The number of amides is 2. The first-order valence-electron chi connectivity index (χ1n) is 8.23. The first-order chi connectivity index (χ1) is 13.3. The molecule has 144 valence electrons. The lowest BCUT2D eigenvalue weighted by Gasteiger charge is -2.17. The minimum Gasteiger partial charge on any atom is -0.368 e. The molecule has 0 fully saturated rings. The summed E-state index contributed by atoms with van der Waals surface area (Å²) in [6, 6.07) is 10.1. The number of carbonyl (C=O) groups excluding carboxylic acids is 2. The molecule has 0 aliphatic carbocycles. The van der Waals surface area contributed by atoms with Gasteiger partial charge in [-0.3, -0.25) is 14.6 Å². The van der Waals surface area contributed by atoms with Crippen LogP contribution in [0, 0.1) is 0 Å². The Balaban J connectivity index is 1.83. The maximum atomic E-state index is 13.1. The third-order valence-electron chi connectivity index (χ3n) is 4.04. The van der Waals surface area contributed by atoms with E-state index in [4.69, 9.17) is 5.73 Å². The minimum atomic E-state index is -4.71. The predicted octanol–water partition coefficient (Wildman–Crippen LogP) is 2.47. The van der Waals surface area contributed by atoms with Crippen LogP contribution in [-0.2, 0) is 17.4 Å². The van der Waals surface area contributed by atoms with Crippen molar-refractivity contribution in [3.05, 3.63) is 71.5 Å². The van der Waals surface area contributed by atoms with E-state index in [1.54, 1.807) is 24.3 Å². The monoisotopic (exact) mass is 388 g/mol. The molecule has 0 aliphatic rings. The van der Waals surface area contributed by atoms with Gasteiger partial charge in [-0.15, -0.1) is 0 Å². The molecule has 0 spiro atoms. The second-order valence-electron chi connectivity index (χ2n) is 6.03. The van der Waals surface area contributed by atoms with Crippen LogP contribution < -0.4 is 11.1 Å². The van der Waals surface area contributed by atoms with E-state index in [9.17, 15) is 22.8 Å². The summed E-state index contributed by atoms with van der Waals surface area (Å²) in [4.78, 5) is 32.7. The van der Waals surface area contributed by atoms with Crippen LogP contribution in [0.4, 0.5) is 13.2 Å². The standard InChI is InChI=1S/C19H15F3N4O2/c20-19(21,22)13-6-2-1-5-12(13)18(28)26-16(17(23)27)9-11-10-24-14-7-3-4-8-15(14)25-11/h1-8,10,16H,9H2,(H2,23,27)(H,26,28)/t16-/m0/s1. The topological polar surface area (TPSA) is 98.0 Å². The molecule has 0 aliphatic heterocycles. The number of hydrogen-bond acceptors (Lipinski definition) is 4. The molecule has 2 amide bonds. The largest absolute Gasteiger partial charge is 0.417 e. The van der Waals surface area contributed by atoms with Crippen LogP contribution in [-0.4, -0.2) is 27.8 Å². The van der Waals surface area contributed by atoms with Crippen LogP contribution in [0.2, 0.25) is 0 Å². The Morgan fingerprint density at radius 1 is 1.04 bits per heavy atom. The van der Waals surface area contributed by atoms with E-state index in [1.807, 2.05) is 0 Å². The van der Waals surface area contributed by atoms with Crippen molar-refractivity contribution in [1.82, 2.24) is 15.3 Å². The van der Waals surface area contributed by atoms with E-state index >= 15 is 0 Å². The van der Waals surface area contributed by atoms with Crippen LogP contribution in [0.5, 0.6) is 0 Å². The molecule has 0 unspecified atom stereocenters. The molecule has 9 heteroatoms. The minimum absolute atomic E-state index is 0.104. The van der Waals surface area contributed by atoms with Gasteiger partial charge >= 0.3 is 6.18 Å². The molecule has 0 saturated heterocycles. The first kappa shape index (κ1) is 19.3. The van der Waals surface area contributed by atoms with Gasteiger partial charge in [-0.05, 0) is 24.3 Å². The van der Waals surface area contributed by atoms with Gasteiger partial charge in [0.25, 0.3) is 5.91 Å². The third kappa shape index (κ3) is 4.25. The Bertz CT molecular complexity index is 1040. The fraction of sp³-hybridized carbons (Fsp3) is 0.158. The van der Waals surface area contributed by atoms with Crippen molar-refractivity contribution in [3.8, 4) is 0 Å². The lowest BCUT2D eigenvalue weighted by molar-refractivity contribution is -0.137. The smallest absolute Gasteiger partial charge is 0.368 e. The number of fused-ring (bicyclic) bond motifs is 1. The SMILES string of the molecule is NC(=O)[C@H](Cc1cnc2ccccc2n1)NC(=O)c1ccccc1C(F)(F)F. The van der Waals surface area contributed by atoms with Crippen LogP contribution >= 0.6 is 0 Å². The zero-order valence-corrected chi connectivity index (χ0v) is 14.4. The number of halogens is 3. The second-order valence-corrected chi connectivity index (χ2v) is 6.03. The van der Waals surface area contributed by atoms with Gasteiger partial charge in [0.2, 0.25) is 5.91 Å². The van der Waals surface area contributed by atoms with Gasteiger partial charge in [0.05, 0.1) is 27.9 Å². The van der Waals surface area contributed by atoms with E-state index in [1.165, 1.54) is 18.3 Å². The molecule has 0 saturated carbocycles. The highest BCUT2D eigenvalue weighted by atomic mass is 19.4. The van der Waals surface area contributed by atoms with Crippen molar-refractivity contribution >= 4 is 22.8 Å². The van der Waals surface area contributed by atoms with Gasteiger partial charge in [0.1, 0.15) is 6.04 Å². The van der Waals surface area contributed by atoms with Crippen molar-refractivity contribution in [2.45, 2.75) is 18.6 Å². The van der Waals surface area contributed by atoms with Gasteiger partial charge in [0.15, 0.2) is 0 Å². The highest BCUT2D eigenvalue weighted by molar-refractivity contribution is 5.98. The van der Waals surface area contributed by atoms with Crippen LogP contribution in [0.1, 0.15) is 21.6 Å². The summed E-state index contributed by atoms with van der Waals surface area (Å²) in [5.41, 5.74) is 5.23. The number of nitrogens with one attached hydrogen (secondary N) is 1. The number of aromatic nitrogens is 2. The normalized spacial score (nSPS) is 12.5. The number of para-hydroxylation sites is 2. The van der Waals surface area contributed by atoms with Gasteiger partial charge in [-0.1, -0.05) is 24.3 Å². The highest BCUT2D eigenvalue weighted by Gasteiger charge is 2.35. The van der Waals surface area contributed by atoms with Crippen LogP contribution in [0.15, 0.2) is 54.7 Å². The molecule has 2 aromatic carbocycles. The van der Waals surface area contributed by atoms with E-state index in [2.05, 4.69) is 15.3 Å². The summed E-state index contributed by atoms with van der Waals surface area (Å²) in [7, 11) is 0. The number of nitrogens with two attached hydrogens (primary N) is 1. The van der Waals surface area contributed by atoms with E-state index in [0.717, 1.165) is 12.1 Å². The first-order valence-corrected chi connectivity index (χ1v) is 8.23. The maximum Gasteiger partial charge on any atom is 0.417 e. The maximum absolute atomic E-state index is 13.1. The average Bonchev–Trinajstić information content (AvgIpc) is 2.66. The summed E-state index contributed by atoms with van der Waals surface area (Å²) in [6.07, 6.45) is -3.39. The van der Waals surface area contributed by atoms with Crippen molar-refractivity contribution in [3.63, 3.8) is 0 Å². The zero-order valence-electron chi connectivity index (χ0n) is 14.4. The van der Waals surface area contributed by atoms with E-state index < -0.39 is 35.2 Å². The number of nitrogens with zero attached hydrogens (tertiary/aromatic N) is 2.